The fourth-order valence-electron chi connectivity index (χ4n) is 2.17. The van der Waals surface area contributed by atoms with Gasteiger partial charge in [0.05, 0.1) is 18.8 Å². The van der Waals surface area contributed by atoms with Gasteiger partial charge in [0.2, 0.25) is 0 Å². The van der Waals surface area contributed by atoms with Crippen LogP contribution in [-0.2, 0) is 9.47 Å². The van der Waals surface area contributed by atoms with Crippen LogP contribution in [0.1, 0.15) is 36.7 Å². The Hall–Kier alpha value is -1.14. The molecule has 1 heterocycles. The van der Waals surface area contributed by atoms with Gasteiger partial charge in [-0.1, -0.05) is 0 Å². The summed E-state index contributed by atoms with van der Waals surface area (Å²) in [6.45, 7) is 2.15. The first-order valence-corrected chi connectivity index (χ1v) is 7.04. The second-order valence-electron chi connectivity index (χ2n) is 4.21. The van der Waals surface area contributed by atoms with Crippen molar-refractivity contribution in [2.45, 2.75) is 38.3 Å². The van der Waals surface area contributed by atoms with Gasteiger partial charge in [-0.2, -0.15) is 0 Å². The van der Waals surface area contributed by atoms with Gasteiger partial charge in [0.15, 0.2) is 10.8 Å². The maximum Gasteiger partial charge on any atom is 0.357 e. The average Bonchev–Trinajstić information content (AvgIpc) is 2.99. The summed E-state index contributed by atoms with van der Waals surface area (Å²) in [6, 6.07) is 0.288. The highest BCUT2D eigenvalue weighted by Gasteiger charge is 2.27. The van der Waals surface area contributed by atoms with Crippen LogP contribution < -0.4 is 5.32 Å². The molecule has 0 radical (unpaired) electrons. The molecule has 100 valence electrons. The number of esters is 1. The molecule has 0 aromatic carbocycles. The number of hydrogen-bond donors (Lipinski definition) is 1. The highest BCUT2D eigenvalue weighted by molar-refractivity contribution is 7.13. The molecule has 0 amide bonds. The van der Waals surface area contributed by atoms with Gasteiger partial charge in [-0.25, -0.2) is 9.78 Å². The summed E-state index contributed by atoms with van der Waals surface area (Å²) in [5.74, 6) is -0.364. The van der Waals surface area contributed by atoms with Crippen molar-refractivity contribution < 1.29 is 14.3 Å². The van der Waals surface area contributed by atoms with Crippen molar-refractivity contribution in [3.05, 3.63) is 11.1 Å². The maximum absolute atomic E-state index is 11.5. The largest absolute Gasteiger partial charge is 0.461 e. The van der Waals surface area contributed by atoms with Gasteiger partial charge in [-0.3, -0.25) is 0 Å². The van der Waals surface area contributed by atoms with E-state index in [1.54, 1.807) is 19.4 Å². The first kappa shape index (κ1) is 13.3. The lowest BCUT2D eigenvalue weighted by atomic mass is 10.2. The van der Waals surface area contributed by atoms with Crippen molar-refractivity contribution in [3.63, 3.8) is 0 Å². The minimum atomic E-state index is -0.364. The molecule has 2 rings (SSSR count). The Morgan fingerprint density at radius 2 is 2.44 bits per heavy atom. The number of carbonyl (C=O) groups excluding carboxylic acids is 1. The van der Waals surface area contributed by atoms with Crippen LogP contribution in [0.15, 0.2) is 5.38 Å². The molecule has 0 bridgehead atoms. The fraction of sp³-hybridized carbons (Fsp3) is 0.667. The van der Waals surface area contributed by atoms with Crippen molar-refractivity contribution in [2.24, 2.45) is 0 Å². The quantitative estimate of drug-likeness (QED) is 0.832. The van der Waals surface area contributed by atoms with Gasteiger partial charge in [0.25, 0.3) is 0 Å². The van der Waals surface area contributed by atoms with E-state index in [1.165, 1.54) is 11.3 Å². The normalized spacial score (nSPS) is 23.0. The standard InChI is InChI=1S/C12H18N2O3S/c1-3-17-11(15)9-7-18-12(14-9)13-8-5-4-6-10(8)16-2/h7-8,10H,3-6H2,1-2H3,(H,13,14). The molecule has 5 nitrogen and oxygen atoms in total. The predicted molar refractivity (Wildman–Crippen MR) is 70.1 cm³/mol. The number of methoxy groups -OCH3 is 1. The first-order valence-electron chi connectivity index (χ1n) is 6.16. The van der Waals surface area contributed by atoms with Crippen LogP contribution >= 0.6 is 11.3 Å². The molecule has 1 aromatic heterocycles. The van der Waals surface area contributed by atoms with Gasteiger partial charge < -0.3 is 14.8 Å². The van der Waals surface area contributed by atoms with E-state index in [9.17, 15) is 4.79 Å². The van der Waals surface area contributed by atoms with Crippen LogP contribution in [0.25, 0.3) is 0 Å². The summed E-state index contributed by atoms with van der Waals surface area (Å²) < 4.78 is 10.3. The van der Waals surface area contributed by atoms with E-state index in [0.29, 0.717) is 12.3 Å². The lowest BCUT2D eigenvalue weighted by molar-refractivity contribution is 0.0520. The number of thiazole rings is 1. The average molecular weight is 270 g/mol. The van der Waals surface area contributed by atoms with E-state index in [-0.39, 0.29) is 18.1 Å². The summed E-state index contributed by atoms with van der Waals surface area (Å²) in [5, 5.41) is 5.81. The zero-order valence-corrected chi connectivity index (χ0v) is 11.5. The zero-order chi connectivity index (χ0) is 13.0. The Balaban J connectivity index is 1.96. The third kappa shape index (κ3) is 3.00. The van der Waals surface area contributed by atoms with Crippen LogP contribution in [0.4, 0.5) is 5.13 Å². The van der Waals surface area contributed by atoms with E-state index >= 15 is 0 Å². The number of ether oxygens (including phenoxy) is 2. The minimum Gasteiger partial charge on any atom is -0.461 e. The topological polar surface area (TPSA) is 60.5 Å². The number of aromatic nitrogens is 1. The van der Waals surface area contributed by atoms with Gasteiger partial charge in [0, 0.05) is 12.5 Å². The van der Waals surface area contributed by atoms with Crippen LogP contribution in [0.3, 0.4) is 0 Å². The number of nitrogens with one attached hydrogen (secondary N) is 1. The Bertz CT molecular complexity index is 408. The van der Waals surface area contributed by atoms with Crippen LogP contribution in [0.2, 0.25) is 0 Å². The molecule has 1 aromatic rings. The molecule has 0 spiro atoms. The Kier molecular flexibility index (Phi) is 4.54. The number of rotatable bonds is 5. The van der Waals surface area contributed by atoms with Gasteiger partial charge in [0.1, 0.15) is 0 Å². The molecule has 1 N–H and O–H groups in total. The van der Waals surface area contributed by atoms with Crippen LogP contribution in [0.5, 0.6) is 0 Å². The lowest BCUT2D eigenvalue weighted by Crippen LogP contribution is -2.29. The number of hydrogen-bond acceptors (Lipinski definition) is 6. The first-order chi connectivity index (χ1) is 8.74. The third-order valence-electron chi connectivity index (χ3n) is 3.05. The molecule has 1 saturated carbocycles. The summed E-state index contributed by atoms with van der Waals surface area (Å²) >= 11 is 1.42. The molecular formula is C12H18N2O3S. The summed E-state index contributed by atoms with van der Waals surface area (Å²) in [6.07, 6.45) is 3.54. The second kappa shape index (κ2) is 6.15. The summed E-state index contributed by atoms with van der Waals surface area (Å²) in [5.41, 5.74) is 0.372. The van der Waals surface area contributed by atoms with E-state index in [0.717, 1.165) is 24.4 Å². The second-order valence-corrected chi connectivity index (χ2v) is 5.07. The fourth-order valence-corrected chi connectivity index (χ4v) is 2.91. The number of carbonyl (C=O) groups is 1. The number of anilines is 1. The molecule has 1 fully saturated rings. The van der Waals surface area contributed by atoms with E-state index in [4.69, 9.17) is 9.47 Å². The SMILES string of the molecule is CCOC(=O)c1csc(NC2CCCC2OC)n1. The van der Waals surface area contributed by atoms with Crippen molar-refractivity contribution in [2.75, 3.05) is 19.0 Å². The molecule has 1 aliphatic rings. The Labute approximate surface area is 111 Å². The molecular weight excluding hydrogens is 252 g/mol. The van der Waals surface area contributed by atoms with E-state index in [1.807, 2.05) is 0 Å². The minimum absolute atomic E-state index is 0.236. The summed E-state index contributed by atoms with van der Waals surface area (Å²) in [4.78, 5) is 15.7. The van der Waals surface area contributed by atoms with Gasteiger partial charge >= 0.3 is 5.97 Å². The van der Waals surface area contributed by atoms with Crippen molar-refractivity contribution in [1.29, 1.82) is 0 Å². The smallest absolute Gasteiger partial charge is 0.357 e. The van der Waals surface area contributed by atoms with Gasteiger partial charge in [-0.15, -0.1) is 11.3 Å². The molecule has 2 atom stereocenters. The van der Waals surface area contributed by atoms with Crippen LogP contribution in [-0.4, -0.2) is 36.8 Å². The molecule has 6 heteroatoms. The highest BCUT2D eigenvalue weighted by Crippen LogP contribution is 2.26. The zero-order valence-electron chi connectivity index (χ0n) is 10.6. The summed E-state index contributed by atoms with van der Waals surface area (Å²) in [7, 11) is 1.73. The van der Waals surface area contributed by atoms with E-state index < -0.39 is 0 Å². The predicted octanol–water partition coefficient (Wildman–Crippen LogP) is 2.30. The Morgan fingerprint density at radius 3 is 3.17 bits per heavy atom. The lowest BCUT2D eigenvalue weighted by Gasteiger charge is -2.18. The van der Waals surface area contributed by atoms with Crippen molar-refractivity contribution in [3.8, 4) is 0 Å². The molecule has 18 heavy (non-hydrogen) atoms. The number of nitrogens with zero attached hydrogens (tertiary/aromatic N) is 1. The van der Waals surface area contributed by atoms with E-state index in [2.05, 4.69) is 10.3 Å². The third-order valence-corrected chi connectivity index (χ3v) is 3.83. The maximum atomic E-state index is 11.5. The molecule has 0 saturated heterocycles. The monoisotopic (exact) mass is 270 g/mol. The van der Waals surface area contributed by atoms with Crippen molar-refractivity contribution >= 4 is 22.4 Å². The Morgan fingerprint density at radius 1 is 1.61 bits per heavy atom. The van der Waals surface area contributed by atoms with Crippen molar-refractivity contribution in [1.82, 2.24) is 4.98 Å². The highest BCUT2D eigenvalue weighted by atomic mass is 32.1. The van der Waals surface area contributed by atoms with Gasteiger partial charge in [-0.05, 0) is 26.2 Å². The van der Waals surface area contributed by atoms with Crippen LogP contribution in [0, 0.1) is 0 Å². The molecule has 0 aliphatic heterocycles. The molecule has 1 aliphatic carbocycles. The molecule has 2 unspecified atom stereocenters.